The number of rotatable bonds is 9. The van der Waals surface area contributed by atoms with Crippen LogP contribution in [0.25, 0.3) is 0 Å². The molecule has 0 N–H and O–H groups in total. The highest BCUT2D eigenvalue weighted by atomic mass is 28.4. The van der Waals surface area contributed by atoms with Crippen LogP contribution in [0.15, 0.2) is 85.5 Å². The van der Waals surface area contributed by atoms with Crippen LogP contribution < -0.4 is 10.4 Å². The van der Waals surface area contributed by atoms with E-state index in [1.54, 1.807) is 6.92 Å². The Morgan fingerprint density at radius 1 is 0.763 bits per heavy atom. The second-order valence-corrected chi connectivity index (χ2v) is 21.4. The Balaban J connectivity index is 0.000000420. The average Bonchev–Trinajstić information content (AvgIpc) is 2.85. The van der Waals surface area contributed by atoms with Gasteiger partial charge in [-0.15, -0.1) is 0 Å². The fourth-order valence-corrected chi connectivity index (χ4v) is 15.0. The molecule has 0 aliphatic carbocycles. The molecule has 2 aromatic carbocycles. The first-order valence-corrected chi connectivity index (χ1v) is 17.5. The van der Waals surface area contributed by atoms with Crippen molar-refractivity contribution in [2.75, 3.05) is 0 Å². The summed E-state index contributed by atoms with van der Waals surface area (Å²) in [5.41, 5.74) is 1.72. The minimum absolute atomic E-state index is 0.208. The normalized spacial score (nSPS) is 12.0. The van der Waals surface area contributed by atoms with E-state index in [4.69, 9.17) is 8.85 Å². The molecule has 6 heteroatoms. The van der Waals surface area contributed by atoms with Gasteiger partial charge in [0.1, 0.15) is 0 Å². The molecular formula is C32H48O4Si2. The fraction of sp³-hybridized carbons (Fsp3) is 0.438. The van der Waals surface area contributed by atoms with Crippen LogP contribution in [0, 0.1) is 0 Å². The molecule has 0 heterocycles. The molecule has 0 aliphatic rings. The van der Waals surface area contributed by atoms with E-state index in [1.165, 1.54) is 6.08 Å². The van der Waals surface area contributed by atoms with E-state index in [9.17, 15) is 9.59 Å². The molecule has 2 aromatic rings. The smallest absolute Gasteiger partial charge is 0.324 e. The average molecular weight is 553 g/mol. The zero-order chi connectivity index (χ0) is 29.3. The SMILES string of the molecule is C=C(C)C(=O)O[Si](c1ccccc1)(c1ccccc1)C(C)(C)C.C=CC(=O)O[Si](C(C)C)(C(C)C)C(C)C. The van der Waals surface area contributed by atoms with Crippen LogP contribution in [0.1, 0.15) is 69.2 Å². The summed E-state index contributed by atoms with van der Waals surface area (Å²) in [6.07, 6.45) is 1.27. The molecule has 0 bridgehead atoms. The van der Waals surface area contributed by atoms with Crippen LogP contribution in [0.5, 0.6) is 0 Å². The van der Waals surface area contributed by atoms with Gasteiger partial charge in [-0.1, -0.05) is 136 Å². The van der Waals surface area contributed by atoms with E-state index >= 15 is 0 Å². The van der Waals surface area contributed by atoms with Crippen LogP contribution in [0.3, 0.4) is 0 Å². The molecule has 0 saturated heterocycles. The second-order valence-electron chi connectivity index (χ2n) is 11.8. The minimum Gasteiger partial charge on any atom is -0.515 e. The number of hydrogen-bond acceptors (Lipinski definition) is 4. The summed E-state index contributed by atoms with van der Waals surface area (Å²) in [7, 11) is -4.82. The van der Waals surface area contributed by atoms with E-state index in [0.29, 0.717) is 22.2 Å². The first-order valence-electron chi connectivity index (χ1n) is 13.4. The molecule has 2 rings (SSSR count). The molecule has 0 atom stereocenters. The van der Waals surface area contributed by atoms with Crippen LogP contribution in [-0.2, 0) is 18.4 Å². The number of benzene rings is 2. The minimum atomic E-state index is -2.79. The Bertz CT molecular complexity index is 1010. The van der Waals surface area contributed by atoms with Crippen LogP contribution in [0.2, 0.25) is 21.7 Å². The van der Waals surface area contributed by atoms with Crippen molar-refractivity contribution >= 4 is 38.9 Å². The zero-order valence-corrected chi connectivity index (χ0v) is 27.1. The zero-order valence-electron chi connectivity index (χ0n) is 25.1. The molecule has 38 heavy (non-hydrogen) atoms. The van der Waals surface area contributed by atoms with Crippen molar-refractivity contribution in [1.82, 2.24) is 0 Å². The largest absolute Gasteiger partial charge is 0.515 e. The first kappa shape index (κ1) is 33.3. The van der Waals surface area contributed by atoms with Crippen molar-refractivity contribution < 1.29 is 18.4 Å². The topological polar surface area (TPSA) is 52.6 Å². The quantitative estimate of drug-likeness (QED) is 0.238. The predicted octanol–water partition coefficient (Wildman–Crippen LogP) is 7.56. The molecule has 0 unspecified atom stereocenters. The molecule has 0 amide bonds. The lowest BCUT2D eigenvalue weighted by Crippen LogP contribution is -2.67. The van der Waals surface area contributed by atoms with Crippen LogP contribution >= 0.6 is 0 Å². The highest BCUT2D eigenvalue weighted by Crippen LogP contribution is 2.42. The molecule has 0 aliphatic heterocycles. The fourth-order valence-electron chi connectivity index (χ4n) is 5.44. The molecule has 0 saturated carbocycles. The van der Waals surface area contributed by atoms with Gasteiger partial charge >= 0.3 is 20.3 Å². The maximum absolute atomic E-state index is 12.5. The lowest BCUT2D eigenvalue weighted by Gasteiger charge is -2.42. The summed E-state index contributed by atoms with van der Waals surface area (Å²) >= 11 is 0. The monoisotopic (exact) mass is 552 g/mol. The Morgan fingerprint density at radius 2 is 1.13 bits per heavy atom. The van der Waals surface area contributed by atoms with Gasteiger partial charge in [-0.3, -0.25) is 0 Å². The molecule has 0 spiro atoms. The molecule has 0 aromatic heterocycles. The summed E-state index contributed by atoms with van der Waals surface area (Å²) in [4.78, 5) is 23.9. The van der Waals surface area contributed by atoms with Crippen molar-refractivity contribution in [3.63, 3.8) is 0 Å². The van der Waals surface area contributed by atoms with Gasteiger partial charge in [0.05, 0.1) is 0 Å². The lowest BCUT2D eigenvalue weighted by molar-refractivity contribution is -0.131. The van der Waals surface area contributed by atoms with Gasteiger partial charge in [0.25, 0.3) is 8.32 Å². The summed E-state index contributed by atoms with van der Waals surface area (Å²) < 4.78 is 12.0. The predicted molar refractivity (Wildman–Crippen MR) is 166 cm³/mol. The summed E-state index contributed by atoms with van der Waals surface area (Å²) in [5, 5.41) is 1.97. The third kappa shape index (κ3) is 7.44. The third-order valence-electron chi connectivity index (χ3n) is 7.16. The van der Waals surface area contributed by atoms with E-state index in [1.807, 2.05) is 36.4 Å². The Hall–Kier alpha value is -2.71. The van der Waals surface area contributed by atoms with Gasteiger partial charge < -0.3 is 8.85 Å². The molecule has 0 fully saturated rings. The third-order valence-corrected chi connectivity index (χ3v) is 18.0. The van der Waals surface area contributed by atoms with E-state index in [0.717, 1.165) is 10.4 Å². The van der Waals surface area contributed by atoms with Gasteiger partial charge in [-0.2, -0.15) is 0 Å². The summed E-state index contributed by atoms with van der Waals surface area (Å²) in [6, 6.07) is 20.2. The van der Waals surface area contributed by atoms with Crippen LogP contribution in [0.4, 0.5) is 0 Å². The van der Waals surface area contributed by atoms with Gasteiger partial charge in [0.2, 0.25) is 0 Å². The maximum atomic E-state index is 12.5. The first-order chi connectivity index (χ1) is 17.6. The number of carbonyl (C=O) groups is 2. The van der Waals surface area contributed by atoms with Gasteiger partial charge in [0, 0.05) is 11.6 Å². The van der Waals surface area contributed by atoms with Crippen molar-refractivity contribution in [3.05, 3.63) is 85.5 Å². The highest BCUT2D eigenvalue weighted by molar-refractivity contribution is 7.00. The second kappa shape index (κ2) is 13.9. The maximum Gasteiger partial charge on any atom is 0.324 e. The van der Waals surface area contributed by atoms with Gasteiger partial charge in [0.15, 0.2) is 0 Å². The highest BCUT2D eigenvalue weighted by Gasteiger charge is 2.53. The number of carbonyl (C=O) groups excluding carboxylic acids is 2. The summed E-state index contributed by atoms with van der Waals surface area (Å²) in [6.45, 7) is 28.3. The van der Waals surface area contributed by atoms with Crippen molar-refractivity contribution in [3.8, 4) is 0 Å². The van der Waals surface area contributed by atoms with E-state index in [2.05, 4.69) is 99.7 Å². The Labute approximate surface area is 233 Å². The van der Waals surface area contributed by atoms with Gasteiger partial charge in [-0.05, 0) is 39.0 Å². The number of hydrogen-bond donors (Lipinski definition) is 0. The molecular weight excluding hydrogens is 505 g/mol. The van der Waals surface area contributed by atoms with Crippen molar-refractivity contribution in [2.45, 2.75) is 90.9 Å². The summed E-state index contributed by atoms with van der Waals surface area (Å²) in [5.74, 6) is -0.586. The lowest BCUT2D eigenvalue weighted by atomic mass is 10.2. The van der Waals surface area contributed by atoms with Crippen molar-refractivity contribution in [1.29, 1.82) is 0 Å². The Kier molecular flexibility index (Phi) is 12.2. The standard InChI is InChI=1S/C20H24O2Si.C12H24O2Si/c1-16(2)19(21)22-23(20(3,4)5,17-12-8-6-9-13-17)18-14-10-7-11-15-18;1-8-12(13)14-15(9(2)3,10(4)5)11(6)7/h6-15H,1H2,2-5H3;8-11H,1H2,2-7H3. The molecule has 208 valence electrons. The van der Waals surface area contributed by atoms with Crippen molar-refractivity contribution in [2.24, 2.45) is 0 Å². The van der Waals surface area contributed by atoms with E-state index < -0.39 is 16.6 Å². The van der Waals surface area contributed by atoms with E-state index in [-0.39, 0.29) is 17.0 Å². The molecule has 4 nitrogen and oxygen atoms in total. The van der Waals surface area contributed by atoms with Crippen LogP contribution in [-0.4, -0.2) is 28.6 Å². The molecule has 0 radical (unpaired) electrons. The Morgan fingerprint density at radius 3 is 1.39 bits per heavy atom. The van der Waals surface area contributed by atoms with Gasteiger partial charge in [-0.25, -0.2) is 9.59 Å².